The molecule has 0 spiro atoms. The van der Waals surface area contributed by atoms with E-state index in [1.165, 1.54) is 36.8 Å². The van der Waals surface area contributed by atoms with Crippen LogP contribution in [0.1, 0.15) is 23.0 Å². The molecular weight excluding hydrogens is 479 g/mol. The number of allylic oxidation sites excluding steroid dienone is 1. The van der Waals surface area contributed by atoms with E-state index in [2.05, 4.69) is 9.38 Å². The van der Waals surface area contributed by atoms with Crippen LogP contribution in [0, 0.1) is 11.7 Å². The van der Waals surface area contributed by atoms with Gasteiger partial charge in [0.05, 0.1) is 18.9 Å². The number of halogens is 2. The fraction of sp³-hybridized carbons (Fsp3) is 0.300. The third-order valence-corrected chi connectivity index (χ3v) is 6.64. The molecule has 1 fully saturated rings. The minimum absolute atomic E-state index is 0.126. The molecule has 0 radical (unpaired) electrons. The average molecular weight is 497 g/mol. The lowest BCUT2D eigenvalue weighted by Gasteiger charge is -2.31. The van der Waals surface area contributed by atoms with E-state index < -0.39 is 27.9 Å². The summed E-state index contributed by atoms with van der Waals surface area (Å²) in [7, 11) is -2.28. The van der Waals surface area contributed by atoms with Crippen LogP contribution in [0.3, 0.4) is 0 Å². The fourth-order valence-electron chi connectivity index (χ4n) is 3.74. The molecule has 32 heavy (non-hydrogen) atoms. The summed E-state index contributed by atoms with van der Waals surface area (Å²) in [5.41, 5.74) is 1.33. The lowest BCUT2D eigenvalue weighted by molar-refractivity contribution is -0.136. The van der Waals surface area contributed by atoms with E-state index in [0.717, 1.165) is 12.3 Å². The third-order valence-electron chi connectivity index (χ3n) is 5.04. The highest BCUT2D eigenvalue weighted by molar-refractivity contribution is 7.89. The molecule has 0 bridgehead atoms. The lowest BCUT2D eigenvalue weighted by atomic mass is 9.94. The number of esters is 1. The van der Waals surface area contributed by atoms with Crippen LogP contribution in [0.15, 0.2) is 50.4 Å². The van der Waals surface area contributed by atoms with Crippen molar-refractivity contribution in [2.24, 2.45) is 15.3 Å². The van der Waals surface area contributed by atoms with E-state index in [1.54, 1.807) is 11.6 Å². The van der Waals surface area contributed by atoms with Crippen molar-refractivity contribution in [2.45, 2.75) is 12.5 Å². The molecule has 1 aromatic carbocycles. The van der Waals surface area contributed by atoms with Crippen LogP contribution in [-0.4, -0.2) is 56.2 Å². The molecule has 1 saturated heterocycles. The summed E-state index contributed by atoms with van der Waals surface area (Å²) in [5, 5.41) is 2.55. The molecule has 2 aliphatic rings. The summed E-state index contributed by atoms with van der Waals surface area (Å²) in [4.78, 5) is 23.8. The Bertz CT molecular complexity index is 1260. The van der Waals surface area contributed by atoms with Gasteiger partial charge in [-0.1, -0.05) is 17.7 Å². The van der Waals surface area contributed by atoms with Gasteiger partial charge in [-0.2, -0.15) is 4.40 Å². The first-order valence-corrected chi connectivity index (χ1v) is 12.6. The molecule has 168 valence electrons. The van der Waals surface area contributed by atoms with Gasteiger partial charge in [0.1, 0.15) is 11.9 Å². The number of carbonyl (C=O) groups is 1. The summed E-state index contributed by atoms with van der Waals surface area (Å²) >= 11 is 7.69. The zero-order chi connectivity index (χ0) is 23.0. The summed E-state index contributed by atoms with van der Waals surface area (Å²) in [6.45, 7) is 0.358. The lowest BCUT2D eigenvalue weighted by Crippen LogP contribution is -2.35. The number of thiazole rings is 1. The zero-order valence-corrected chi connectivity index (χ0v) is 19.4. The number of ether oxygens (including phenoxy) is 1. The van der Waals surface area contributed by atoms with Crippen molar-refractivity contribution < 1.29 is 22.3 Å². The molecule has 2 aliphatic heterocycles. The Morgan fingerprint density at radius 3 is 2.84 bits per heavy atom. The number of carbonyl (C=O) groups excluding carboxylic acids is 1. The van der Waals surface area contributed by atoms with Gasteiger partial charge < -0.3 is 9.64 Å². The van der Waals surface area contributed by atoms with Gasteiger partial charge in [0.15, 0.2) is 10.8 Å². The number of benzene rings is 1. The van der Waals surface area contributed by atoms with Gasteiger partial charge in [0.25, 0.3) is 0 Å². The molecule has 4 rings (SSSR count). The normalized spacial score (nSPS) is 21.1. The second kappa shape index (κ2) is 8.72. The summed E-state index contributed by atoms with van der Waals surface area (Å²) in [6.07, 6.45) is 4.36. The van der Waals surface area contributed by atoms with Gasteiger partial charge in [0.2, 0.25) is 10.0 Å². The first-order valence-electron chi connectivity index (χ1n) is 9.45. The van der Waals surface area contributed by atoms with E-state index >= 15 is 0 Å². The monoisotopic (exact) mass is 496 g/mol. The van der Waals surface area contributed by atoms with Gasteiger partial charge >= 0.3 is 5.97 Å². The van der Waals surface area contributed by atoms with Crippen LogP contribution < -0.4 is 0 Å². The Hall–Kier alpha value is -2.63. The van der Waals surface area contributed by atoms with Gasteiger partial charge in [0, 0.05) is 46.5 Å². The molecule has 12 heteroatoms. The smallest absolute Gasteiger partial charge is 0.338 e. The largest absolute Gasteiger partial charge is 0.466 e. The molecular formula is C20H18ClFN4O4S2. The van der Waals surface area contributed by atoms with Gasteiger partial charge in [-0.3, -0.25) is 4.99 Å². The number of aliphatic imine (C=N–C) groups is 1. The summed E-state index contributed by atoms with van der Waals surface area (Å²) < 4.78 is 45.4. The van der Waals surface area contributed by atoms with E-state index in [4.69, 9.17) is 21.3 Å². The quantitative estimate of drug-likeness (QED) is 0.465. The van der Waals surface area contributed by atoms with E-state index in [9.17, 15) is 17.6 Å². The molecule has 1 aromatic heterocycles. The van der Waals surface area contributed by atoms with Crippen LogP contribution >= 0.6 is 22.9 Å². The van der Waals surface area contributed by atoms with Gasteiger partial charge in [-0.05, 0) is 18.6 Å². The second-order valence-corrected chi connectivity index (χ2v) is 10.3. The minimum Gasteiger partial charge on any atom is -0.466 e. The van der Waals surface area contributed by atoms with Gasteiger partial charge in [-0.15, -0.1) is 11.3 Å². The third kappa shape index (κ3) is 4.45. The average Bonchev–Trinajstić information content (AvgIpc) is 3.40. The molecule has 0 saturated carbocycles. The van der Waals surface area contributed by atoms with E-state index in [1.807, 2.05) is 4.90 Å². The van der Waals surface area contributed by atoms with E-state index in [0.29, 0.717) is 35.1 Å². The minimum atomic E-state index is -3.55. The molecule has 0 N–H and O–H groups in total. The van der Waals surface area contributed by atoms with E-state index in [-0.39, 0.29) is 16.5 Å². The van der Waals surface area contributed by atoms with Crippen molar-refractivity contribution in [3.05, 3.63) is 62.5 Å². The van der Waals surface area contributed by atoms with Crippen LogP contribution in [-0.2, 0) is 19.6 Å². The van der Waals surface area contributed by atoms with Crippen LogP contribution in [0.25, 0.3) is 0 Å². The Morgan fingerprint density at radius 1 is 1.44 bits per heavy atom. The highest BCUT2D eigenvalue weighted by Gasteiger charge is 2.42. The van der Waals surface area contributed by atoms with Crippen LogP contribution in [0.2, 0.25) is 5.02 Å². The molecule has 8 nitrogen and oxygen atoms in total. The highest BCUT2D eigenvalue weighted by atomic mass is 35.5. The predicted molar refractivity (Wildman–Crippen MR) is 120 cm³/mol. The molecule has 3 heterocycles. The Balaban J connectivity index is 1.88. The highest BCUT2D eigenvalue weighted by Crippen LogP contribution is 2.43. The summed E-state index contributed by atoms with van der Waals surface area (Å²) in [6, 6.07) is 3.06. The zero-order valence-electron chi connectivity index (χ0n) is 17.0. The number of rotatable bonds is 5. The van der Waals surface area contributed by atoms with Crippen molar-refractivity contribution >= 4 is 51.0 Å². The molecule has 2 aromatic rings. The van der Waals surface area contributed by atoms with Crippen LogP contribution in [0.5, 0.6) is 0 Å². The van der Waals surface area contributed by atoms with Crippen LogP contribution in [0.4, 0.5) is 4.39 Å². The maximum absolute atomic E-state index is 13.7. The number of hydrogen-bond donors (Lipinski definition) is 0. The van der Waals surface area contributed by atoms with Crippen molar-refractivity contribution in [1.82, 2.24) is 9.88 Å². The second-order valence-electron chi connectivity index (χ2n) is 7.27. The maximum atomic E-state index is 13.7. The first kappa shape index (κ1) is 22.6. The molecule has 2 atom stereocenters. The molecule has 2 unspecified atom stereocenters. The standard InChI is InChI=1S/C20H18ClFN4O4S2/c1-30-20(27)16-15-7-11(9-24-32(2,28)29)10-26(15)18(19-23-5-6-31-19)25-17(16)13-4-3-12(22)8-14(13)21/h3-6,8-9,11,17H,7,10H2,1-2H3. The van der Waals surface area contributed by atoms with Crippen molar-refractivity contribution in [3.63, 3.8) is 0 Å². The topological polar surface area (TPSA) is 101 Å². The number of fused-ring (bicyclic) bond motifs is 1. The fourth-order valence-corrected chi connectivity index (χ4v) is 5.04. The first-order chi connectivity index (χ1) is 15.2. The number of sulfonamides is 1. The summed E-state index contributed by atoms with van der Waals surface area (Å²) in [5.74, 6) is -0.876. The molecule has 0 amide bonds. The Labute approximate surface area is 193 Å². The number of nitrogens with zero attached hydrogens (tertiary/aromatic N) is 4. The Morgan fingerprint density at radius 2 is 2.22 bits per heavy atom. The van der Waals surface area contributed by atoms with Crippen molar-refractivity contribution in [2.75, 3.05) is 19.9 Å². The molecule has 0 aliphatic carbocycles. The SMILES string of the molecule is COC(=O)C1=C2CC(C=NS(C)(=O)=O)CN2C(c2nccs2)=NC1c1ccc(F)cc1Cl. The number of hydrogen-bond acceptors (Lipinski definition) is 8. The maximum Gasteiger partial charge on any atom is 0.338 e. The Kier molecular flexibility index (Phi) is 6.15. The van der Waals surface area contributed by atoms with Crippen molar-refractivity contribution in [1.29, 1.82) is 0 Å². The number of methoxy groups -OCH3 is 1. The van der Waals surface area contributed by atoms with Gasteiger partial charge in [-0.25, -0.2) is 22.6 Å². The number of amidine groups is 1. The predicted octanol–water partition coefficient (Wildman–Crippen LogP) is 3.22. The van der Waals surface area contributed by atoms with Crippen molar-refractivity contribution in [3.8, 4) is 0 Å². The number of aromatic nitrogens is 1.